The van der Waals surface area contributed by atoms with Gasteiger partial charge in [-0.25, -0.2) is 0 Å². The maximum atomic E-state index is 11.0. The molecule has 3 rings (SSSR count). The van der Waals surface area contributed by atoms with Gasteiger partial charge < -0.3 is 14.6 Å². The van der Waals surface area contributed by atoms with Gasteiger partial charge in [-0.05, 0) is 5.56 Å². The van der Waals surface area contributed by atoms with Crippen molar-refractivity contribution >= 4 is 0 Å². The zero-order valence-corrected chi connectivity index (χ0v) is 12.7. The van der Waals surface area contributed by atoms with Gasteiger partial charge in [0.05, 0.1) is 25.9 Å². The second-order valence-corrected chi connectivity index (χ2v) is 6.41. The third kappa shape index (κ3) is 2.78. The van der Waals surface area contributed by atoms with Crippen LogP contribution in [0.5, 0.6) is 0 Å². The van der Waals surface area contributed by atoms with Crippen molar-refractivity contribution in [2.24, 2.45) is 17.8 Å². The third-order valence-corrected chi connectivity index (χ3v) is 5.00. The number of benzene rings is 1. The minimum atomic E-state index is -0.803. The van der Waals surface area contributed by atoms with E-state index in [1.165, 1.54) is 0 Å². The quantitative estimate of drug-likeness (QED) is 0.869. The van der Waals surface area contributed by atoms with E-state index in [0.29, 0.717) is 25.7 Å². The Balaban J connectivity index is 1.75. The Hall–Kier alpha value is -1.16. The van der Waals surface area contributed by atoms with Crippen LogP contribution >= 0.6 is 0 Å². The molecule has 1 N–H and O–H groups in total. The van der Waals surface area contributed by atoms with Crippen molar-refractivity contribution in [1.82, 2.24) is 0 Å². The van der Waals surface area contributed by atoms with E-state index in [4.69, 9.17) is 9.47 Å². The van der Waals surface area contributed by atoms with E-state index in [0.717, 1.165) is 5.56 Å². The van der Waals surface area contributed by atoms with Crippen molar-refractivity contribution in [3.05, 3.63) is 48.0 Å². The molecule has 1 heterocycles. The summed E-state index contributed by atoms with van der Waals surface area (Å²) >= 11 is 0. The van der Waals surface area contributed by atoms with E-state index in [1.54, 1.807) is 0 Å². The molecule has 1 aliphatic heterocycles. The molecule has 1 fully saturated rings. The van der Waals surface area contributed by atoms with Gasteiger partial charge in [-0.3, -0.25) is 0 Å². The summed E-state index contributed by atoms with van der Waals surface area (Å²) in [6.07, 6.45) is 4.28. The lowest BCUT2D eigenvalue weighted by molar-refractivity contribution is -0.111. The first-order chi connectivity index (χ1) is 10.1. The van der Waals surface area contributed by atoms with E-state index in [1.807, 2.05) is 18.2 Å². The second kappa shape index (κ2) is 5.91. The van der Waals surface area contributed by atoms with Crippen LogP contribution in [0, 0.1) is 17.8 Å². The number of ether oxygens (including phenoxy) is 2. The Morgan fingerprint density at radius 2 is 2.00 bits per heavy atom. The normalized spacial score (nSPS) is 39.0. The summed E-state index contributed by atoms with van der Waals surface area (Å²) in [6, 6.07) is 10.2. The Bertz CT molecular complexity index is 498. The fourth-order valence-electron chi connectivity index (χ4n) is 3.51. The zero-order valence-electron chi connectivity index (χ0n) is 12.7. The molecule has 1 aromatic rings. The monoisotopic (exact) mass is 288 g/mol. The average Bonchev–Trinajstić information content (AvgIpc) is 2.85. The van der Waals surface area contributed by atoms with Gasteiger partial charge >= 0.3 is 0 Å². The lowest BCUT2D eigenvalue weighted by Gasteiger charge is -2.37. The third-order valence-electron chi connectivity index (χ3n) is 5.00. The summed E-state index contributed by atoms with van der Waals surface area (Å²) in [5.74, 6) is 0.414. The Morgan fingerprint density at radius 1 is 1.24 bits per heavy atom. The van der Waals surface area contributed by atoms with E-state index in [2.05, 4.69) is 38.1 Å². The minimum absolute atomic E-state index is 0.00171. The first-order valence-corrected chi connectivity index (χ1v) is 7.75. The summed E-state index contributed by atoms with van der Waals surface area (Å²) in [6.45, 7) is 5.83. The lowest BCUT2D eigenvalue weighted by Crippen LogP contribution is -2.48. The Labute approximate surface area is 126 Å². The van der Waals surface area contributed by atoms with Crippen LogP contribution in [0.25, 0.3) is 0 Å². The van der Waals surface area contributed by atoms with Crippen LogP contribution in [0.4, 0.5) is 0 Å². The first kappa shape index (κ1) is 14.8. The molecular formula is C18H24O3. The fraction of sp³-hybridized carbons (Fsp3) is 0.556. The maximum absolute atomic E-state index is 11.0. The molecule has 3 heteroatoms. The van der Waals surface area contributed by atoms with Gasteiger partial charge in [-0.2, -0.15) is 0 Å². The largest absolute Gasteiger partial charge is 0.386 e. The SMILES string of the molecule is C[C@@H]1C=C[C@H]2COC[C@]2(O)[C@H](C)[C@@H]1OCc1ccccc1. The Kier molecular flexibility index (Phi) is 4.16. The molecule has 0 amide bonds. The van der Waals surface area contributed by atoms with Crippen molar-refractivity contribution in [3.8, 4) is 0 Å². The van der Waals surface area contributed by atoms with Gasteiger partial charge in [0.15, 0.2) is 0 Å². The topological polar surface area (TPSA) is 38.7 Å². The zero-order chi connectivity index (χ0) is 14.9. The Morgan fingerprint density at radius 3 is 2.76 bits per heavy atom. The van der Waals surface area contributed by atoms with E-state index >= 15 is 0 Å². The van der Waals surface area contributed by atoms with Crippen LogP contribution in [0.1, 0.15) is 19.4 Å². The molecule has 1 saturated heterocycles. The molecule has 21 heavy (non-hydrogen) atoms. The number of fused-ring (bicyclic) bond motifs is 1. The van der Waals surface area contributed by atoms with Crippen LogP contribution in [-0.2, 0) is 16.1 Å². The second-order valence-electron chi connectivity index (χ2n) is 6.41. The minimum Gasteiger partial charge on any atom is -0.386 e. The predicted octanol–water partition coefficient (Wildman–Crippen LogP) is 2.79. The van der Waals surface area contributed by atoms with Crippen LogP contribution < -0.4 is 0 Å². The van der Waals surface area contributed by atoms with Crippen molar-refractivity contribution in [2.75, 3.05) is 13.2 Å². The maximum Gasteiger partial charge on any atom is 0.101 e. The molecule has 0 unspecified atom stereocenters. The summed E-state index contributed by atoms with van der Waals surface area (Å²) in [5.41, 5.74) is 0.360. The number of hydrogen-bond donors (Lipinski definition) is 1. The van der Waals surface area contributed by atoms with Crippen LogP contribution in [-0.4, -0.2) is 30.0 Å². The van der Waals surface area contributed by atoms with Crippen LogP contribution in [0.15, 0.2) is 42.5 Å². The van der Waals surface area contributed by atoms with Crippen LogP contribution in [0.3, 0.4) is 0 Å². The average molecular weight is 288 g/mol. The lowest BCUT2D eigenvalue weighted by atomic mass is 9.77. The molecule has 114 valence electrons. The highest BCUT2D eigenvalue weighted by molar-refractivity contribution is 5.15. The molecular weight excluding hydrogens is 264 g/mol. The molecule has 3 nitrogen and oxygen atoms in total. The number of aliphatic hydroxyl groups is 1. The molecule has 0 spiro atoms. The van der Waals surface area contributed by atoms with Crippen LogP contribution in [0.2, 0.25) is 0 Å². The molecule has 0 radical (unpaired) electrons. The van der Waals surface area contributed by atoms with Gasteiger partial charge in [0.2, 0.25) is 0 Å². The number of rotatable bonds is 3. The van der Waals surface area contributed by atoms with E-state index in [9.17, 15) is 5.11 Å². The number of hydrogen-bond acceptors (Lipinski definition) is 3. The van der Waals surface area contributed by atoms with Crippen molar-refractivity contribution < 1.29 is 14.6 Å². The molecule has 0 saturated carbocycles. The van der Waals surface area contributed by atoms with Gasteiger partial charge in [-0.15, -0.1) is 0 Å². The van der Waals surface area contributed by atoms with Gasteiger partial charge in [0.25, 0.3) is 0 Å². The summed E-state index contributed by atoms with van der Waals surface area (Å²) in [4.78, 5) is 0. The highest BCUT2D eigenvalue weighted by atomic mass is 16.5. The van der Waals surface area contributed by atoms with Gasteiger partial charge in [-0.1, -0.05) is 56.3 Å². The highest BCUT2D eigenvalue weighted by Crippen LogP contribution is 2.41. The molecule has 5 atom stereocenters. The summed E-state index contributed by atoms with van der Waals surface area (Å²) < 4.78 is 11.7. The van der Waals surface area contributed by atoms with Crippen molar-refractivity contribution in [3.63, 3.8) is 0 Å². The smallest absolute Gasteiger partial charge is 0.101 e. The highest BCUT2D eigenvalue weighted by Gasteiger charge is 2.50. The van der Waals surface area contributed by atoms with E-state index in [-0.39, 0.29) is 17.9 Å². The first-order valence-electron chi connectivity index (χ1n) is 7.75. The molecule has 0 bridgehead atoms. The standard InChI is InChI=1S/C18H24O3/c1-13-8-9-16-11-20-12-18(16,19)14(2)17(13)21-10-15-6-4-3-5-7-15/h3-9,13-14,16-17,19H,10-12H2,1-2H3/t13-,14-,16+,17-,18+/m1/s1. The van der Waals surface area contributed by atoms with Gasteiger partial charge in [0.1, 0.15) is 5.60 Å². The summed E-state index contributed by atoms with van der Waals surface area (Å²) in [7, 11) is 0. The molecule has 0 aromatic heterocycles. The molecule has 1 aromatic carbocycles. The predicted molar refractivity (Wildman–Crippen MR) is 81.7 cm³/mol. The summed E-state index contributed by atoms with van der Waals surface area (Å²) in [5, 5.41) is 11.0. The van der Waals surface area contributed by atoms with Gasteiger partial charge in [0, 0.05) is 17.8 Å². The molecule has 1 aliphatic carbocycles. The van der Waals surface area contributed by atoms with E-state index < -0.39 is 5.60 Å². The molecule has 2 aliphatic rings. The van der Waals surface area contributed by atoms with Crippen molar-refractivity contribution in [1.29, 1.82) is 0 Å². The fourth-order valence-corrected chi connectivity index (χ4v) is 3.51. The van der Waals surface area contributed by atoms with Crippen molar-refractivity contribution in [2.45, 2.75) is 32.2 Å².